The number of esters is 1. The van der Waals surface area contributed by atoms with Crippen molar-refractivity contribution in [1.82, 2.24) is 0 Å². The van der Waals surface area contributed by atoms with Crippen molar-refractivity contribution in [2.45, 2.75) is 20.0 Å². The minimum atomic E-state index is -0.401. The quantitative estimate of drug-likeness (QED) is 0.472. The smallest absolute Gasteiger partial charge is 0.338 e. The molecule has 1 amide bonds. The molecule has 0 saturated carbocycles. The number of nitrogens with one attached hydrogen (secondary N) is 1. The van der Waals surface area contributed by atoms with Crippen LogP contribution in [-0.2, 0) is 4.74 Å². The Kier molecular flexibility index (Phi) is 6.48. The third-order valence-electron chi connectivity index (χ3n) is 2.92. The Labute approximate surface area is 163 Å². The highest BCUT2D eigenvalue weighted by atomic mass is 127. The lowest BCUT2D eigenvalue weighted by molar-refractivity contribution is 0.0378. The Hall–Kier alpha value is -1.31. The van der Waals surface area contributed by atoms with E-state index in [4.69, 9.17) is 27.9 Å². The summed E-state index contributed by atoms with van der Waals surface area (Å²) in [5.41, 5.74) is 1.36. The van der Waals surface area contributed by atoms with Crippen molar-refractivity contribution in [2.75, 3.05) is 5.32 Å². The molecule has 0 fully saturated rings. The lowest BCUT2D eigenvalue weighted by Gasteiger charge is -2.11. The first-order chi connectivity index (χ1) is 11.3. The van der Waals surface area contributed by atoms with Crippen LogP contribution in [0.2, 0.25) is 10.0 Å². The molecule has 0 aliphatic carbocycles. The first kappa shape index (κ1) is 19.0. The zero-order valence-corrected chi connectivity index (χ0v) is 16.6. The van der Waals surface area contributed by atoms with E-state index in [0.717, 1.165) is 0 Å². The van der Waals surface area contributed by atoms with Gasteiger partial charge in [-0.25, -0.2) is 4.79 Å². The standard InChI is InChI=1S/C17H14Cl2INO3/c1-9(2)24-17(23)10-3-4-15(14(20)7-10)21-16(22)11-5-12(18)8-13(19)6-11/h3-9H,1-2H3,(H,21,22). The summed E-state index contributed by atoms with van der Waals surface area (Å²) in [7, 11) is 0. The molecule has 2 aromatic rings. The predicted octanol–water partition coefficient (Wildman–Crippen LogP) is 5.42. The summed E-state index contributed by atoms with van der Waals surface area (Å²) < 4.78 is 5.86. The molecular weight excluding hydrogens is 464 g/mol. The van der Waals surface area contributed by atoms with E-state index >= 15 is 0 Å². The van der Waals surface area contributed by atoms with Crippen molar-refractivity contribution < 1.29 is 14.3 Å². The molecule has 2 aromatic carbocycles. The topological polar surface area (TPSA) is 55.4 Å². The van der Waals surface area contributed by atoms with E-state index in [-0.39, 0.29) is 12.0 Å². The average molecular weight is 478 g/mol. The van der Waals surface area contributed by atoms with Crippen molar-refractivity contribution in [3.05, 3.63) is 61.1 Å². The molecule has 0 heterocycles. The number of carbonyl (C=O) groups is 2. The number of carbonyl (C=O) groups excluding carboxylic acids is 2. The Bertz CT molecular complexity index is 773. The van der Waals surface area contributed by atoms with Crippen LogP contribution >= 0.6 is 45.8 Å². The number of rotatable bonds is 4. The molecule has 7 heteroatoms. The van der Waals surface area contributed by atoms with E-state index in [1.54, 1.807) is 38.1 Å². The third-order valence-corrected chi connectivity index (χ3v) is 4.25. The first-order valence-electron chi connectivity index (χ1n) is 7.04. The number of hydrogen-bond donors (Lipinski definition) is 1. The zero-order valence-electron chi connectivity index (χ0n) is 12.9. The monoisotopic (exact) mass is 477 g/mol. The fraction of sp³-hybridized carbons (Fsp3) is 0.176. The largest absolute Gasteiger partial charge is 0.459 e. The minimum Gasteiger partial charge on any atom is -0.459 e. The number of ether oxygens (including phenoxy) is 1. The van der Waals surface area contributed by atoms with Gasteiger partial charge in [0, 0.05) is 19.2 Å². The first-order valence-corrected chi connectivity index (χ1v) is 8.87. The van der Waals surface area contributed by atoms with Gasteiger partial charge >= 0.3 is 5.97 Å². The average Bonchev–Trinajstić information content (AvgIpc) is 2.47. The highest BCUT2D eigenvalue weighted by Gasteiger charge is 2.14. The molecule has 0 aliphatic heterocycles. The van der Waals surface area contributed by atoms with Gasteiger partial charge in [-0.15, -0.1) is 0 Å². The number of benzene rings is 2. The van der Waals surface area contributed by atoms with Gasteiger partial charge in [0.15, 0.2) is 0 Å². The number of anilines is 1. The predicted molar refractivity (Wildman–Crippen MR) is 104 cm³/mol. The van der Waals surface area contributed by atoms with Crippen LogP contribution in [0.15, 0.2) is 36.4 Å². The van der Waals surface area contributed by atoms with Crippen molar-refractivity contribution in [3.8, 4) is 0 Å². The van der Waals surface area contributed by atoms with Gasteiger partial charge in [0.1, 0.15) is 0 Å². The molecule has 1 N–H and O–H groups in total. The third kappa shape index (κ3) is 5.09. The lowest BCUT2D eigenvalue weighted by atomic mass is 10.2. The molecule has 0 spiro atoms. The Balaban J connectivity index is 2.18. The second-order valence-electron chi connectivity index (χ2n) is 5.26. The van der Waals surface area contributed by atoms with Crippen LogP contribution in [0.1, 0.15) is 34.6 Å². The van der Waals surface area contributed by atoms with Gasteiger partial charge in [0.25, 0.3) is 5.91 Å². The Morgan fingerprint density at radius 2 is 1.67 bits per heavy atom. The number of hydrogen-bond acceptors (Lipinski definition) is 3. The fourth-order valence-corrected chi connectivity index (χ4v) is 3.08. The van der Waals surface area contributed by atoms with Crippen LogP contribution in [0.3, 0.4) is 0 Å². The van der Waals surface area contributed by atoms with Crippen molar-refractivity contribution in [2.24, 2.45) is 0 Å². The molecule has 0 atom stereocenters. The van der Waals surface area contributed by atoms with E-state index < -0.39 is 5.97 Å². The summed E-state index contributed by atoms with van der Waals surface area (Å²) in [5.74, 6) is -0.739. The molecule has 0 unspecified atom stereocenters. The maximum atomic E-state index is 12.3. The van der Waals surface area contributed by atoms with Crippen LogP contribution in [0.25, 0.3) is 0 Å². The van der Waals surface area contributed by atoms with E-state index in [9.17, 15) is 9.59 Å². The Morgan fingerprint density at radius 1 is 1.04 bits per heavy atom. The molecule has 0 aliphatic rings. The normalized spacial score (nSPS) is 10.6. The van der Waals surface area contributed by atoms with Gasteiger partial charge in [0.05, 0.1) is 17.4 Å². The maximum Gasteiger partial charge on any atom is 0.338 e. The molecule has 4 nitrogen and oxygen atoms in total. The van der Waals surface area contributed by atoms with Crippen LogP contribution < -0.4 is 5.32 Å². The summed E-state index contributed by atoms with van der Waals surface area (Å²) in [6.07, 6.45) is -0.192. The maximum absolute atomic E-state index is 12.3. The van der Waals surface area contributed by atoms with Gasteiger partial charge < -0.3 is 10.1 Å². The van der Waals surface area contributed by atoms with Gasteiger partial charge in [-0.1, -0.05) is 23.2 Å². The molecule has 0 bridgehead atoms. The van der Waals surface area contributed by atoms with E-state index in [1.807, 2.05) is 22.6 Å². The minimum absolute atomic E-state index is 0.192. The zero-order chi connectivity index (χ0) is 17.9. The van der Waals surface area contributed by atoms with Crippen LogP contribution in [0.4, 0.5) is 5.69 Å². The molecule has 24 heavy (non-hydrogen) atoms. The van der Waals surface area contributed by atoms with Crippen molar-refractivity contribution in [1.29, 1.82) is 0 Å². The van der Waals surface area contributed by atoms with Crippen LogP contribution in [0, 0.1) is 3.57 Å². The van der Waals surface area contributed by atoms with Crippen LogP contribution in [0.5, 0.6) is 0 Å². The second kappa shape index (κ2) is 8.18. The van der Waals surface area contributed by atoms with Crippen molar-refractivity contribution >= 4 is 63.4 Å². The summed E-state index contributed by atoms with van der Waals surface area (Å²) in [6, 6.07) is 9.54. The van der Waals surface area contributed by atoms with Gasteiger partial charge in [0.2, 0.25) is 0 Å². The highest BCUT2D eigenvalue weighted by Crippen LogP contribution is 2.23. The summed E-state index contributed by atoms with van der Waals surface area (Å²) >= 11 is 13.9. The van der Waals surface area contributed by atoms with E-state index in [2.05, 4.69) is 5.32 Å². The molecule has 126 valence electrons. The highest BCUT2D eigenvalue weighted by molar-refractivity contribution is 14.1. The molecule has 0 saturated heterocycles. The molecule has 2 rings (SSSR count). The summed E-state index contributed by atoms with van der Waals surface area (Å²) in [4.78, 5) is 24.2. The fourth-order valence-electron chi connectivity index (χ4n) is 1.90. The Morgan fingerprint density at radius 3 is 2.21 bits per heavy atom. The van der Waals surface area contributed by atoms with Gasteiger partial charge in [-0.05, 0) is 72.8 Å². The molecule has 0 radical (unpaired) electrons. The lowest BCUT2D eigenvalue weighted by Crippen LogP contribution is -2.14. The number of amides is 1. The second-order valence-corrected chi connectivity index (χ2v) is 7.30. The summed E-state index contributed by atoms with van der Waals surface area (Å²) in [5, 5.41) is 3.54. The molecular formula is C17H14Cl2INO3. The van der Waals surface area contributed by atoms with Gasteiger partial charge in [-0.3, -0.25) is 4.79 Å². The summed E-state index contributed by atoms with van der Waals surface area (Å²) in [6.45, 7) is 3.57. The van der Waals surface area contributed by atoms with E-state index in [1.165, 1.54) is 12.1 Å². The van der Waals surface area contributed by atoms with E-state index in [0.29, 0.717) is 30.4 Å². The van der Waals surface area contributed by atoms with Crippen LogP contribution in [-0.4, -0.2) is 18.0 Å². The van der Waals surface area contributed by atoms with Crippen molar-refractivity contribution in [3.63, 3.8) is 0 Å². The number of halogens is 3. The molecule has 0 aromatic heterocycles. The van der Waals surface area contributed by atoms with Gasteiger partial charge in [-0.2, -0.15) is 0 Å². The SMILES string of the molecule is CC(C)OC(=O)c1ccc(NC(=O)c2cc(Cl)cc(Cl)c2)c(I)c1.